The smallest absolute Gasteiger partial charge is 0.225 e. The Morgan fingerprint density at radius 1 is 1.53 bits per heavy atom. The molecule has 0 aliphatic carbocycles. The highest BCUT2D eigenvalue weighted by molar-refractivity contribution is 5.91. The summed E-state index contributed by atoms with van der Waals surface area (Å²) in [7, 11) is 1.83. The molecule has 19 heavy (non-hydrogen) atoms. The molecule has 1 aliphatic heterocycles. The van der Waals surface area contributed by atoms with Crippen molar-refractivity contribution < 1.29 is 4.79 Å². The Hall–Kier alpha value is -2.30. The van der Waals surface area contributed by atoms with Crippen LogP contribution in [0.3, 0.4) is 0 Å². The molecular weight excluding hydrogens is 240 g/mol. The van der Waals surface area contributed by atoms with Gasteiger partial charge in [0.1, 0.15) is 0 Å². The third-order valence-corrected chi connectivity index (χ3v) is 3.36. The van der Waals surface area contributed by atoms with Crippen molar-refractivity contribution in [2.75, 3.05) is 17.2 Å². The van der Waals surface area contributed by atoms with Gasteiger partial charge >= 0.3 is 0 Å². The van der Waals surface area contributed by atoms with Crippen molar-refractivity contribution in [1.29, 1.82) is 0 Å². The summed E-state index contributed by atoms with van der Waals surface area (Å²) >= 11 is 0. The van der Waals surface area contributed by atoms with E-state index in [4.69, 9.17) is 0 Å². The van der Waals surface area contributed by atoms with Gasteiger partial charge in [-0.1, -0.05) is 18.2 Å². The number of para-hydroxylation sites is 1. The average Bonchev–Trinajstić information content (AvgIpc) is 2.97. The number of benzene rings is 1. The molecule has 0 saturated carbocycles. The fourth-order valence-electron chi connectivity index (χ4n) is 2.46. The molecule has 2 N–H and O–H groups in total. The van der Waals surface area contributed by atoms with Gasteiger partial charge in [0.05, 0.1) is 11.9 Å². The summed E-state index contributed by atoms with van der Waals surface area (Å²) in [6, 6.07) is 8.15. The van der Waals surface area contributed by atoms with E-state index in [-0.39, 0.29) is 11.8 Å². The summed E-state index contributed by atoms with van der Waals surface area (Å²) in [4.78, 5) is 12.0. The maximum absolute atomic E-state index is 12.0. The fraction of sp³-hybridized carbons (Fsp3) is 0.286. The highest BCUT2D eigenvalue weighted by Gasteiger charge is 2.23. The van der Waals surface area contributed by atoms with E-state index in [1.807, 2.05) is 25.2 Å². The van der Waals surface area contributed by atoms with E-state index in [9.17, 15) is 4.79 Å². The molecule has 1 unspecified atom stereocenters. The number of hydrogen-bond donors (Lipinski definition) is 2. The second-order valence-corrected chi connectivity index (χ2v) is 4.82. The molecular formula is C14H16N4O. The lowest BCUT2D eigenvalue weighted by atomic mass is 9.97. The Labute approximate surface area is 111 Å². The summed E-state index contributed by atoms with van der Waals surface area (Å²) in [6.45, 7) is 0.819. The molecule has 3 rings (SSSR count). The van der Waals surface area contributed by atoms with E-state index in [2.05, 4.69) is 21.8 Å². The molecule has 2 heterocycles. The molecule has 0 radical (unpaired) electrons. The molecule has 1 atom stereocenters. The number of fused-ring (bicyclic) bond motifs is 1. The highest BCUT2D eigenvalue weighted by atomic mass is 16.1. The van der Waals surface area contributed by atoms with Crippen LogP contribution in [-0.2, 0) is 11.8 Å². The van der Waals surface area contributed by atoms with Crippen molar-refractivity contribution in [3.8, 4) is 0 Å². The van der Waals surface area contributed by atoms with Crippen LogP contribution in [0.1, 0.15) is 17.9 Å². The van der Waals surface area contributed by atoms with Crippen molar-refractivity contribution in [3.05, 3.63) is 42.2 Å². The molecule has 0 spiro atoms. The fourth-order valence-corrected chi connectivity index (χ4v) is 2.46. The lowest BCUT2D eigenvalue weighted by molar-refractivity contribution is -0.116. The summed E-state index contributed by atoms with van der Waals surface area (Å²) < 4.78 is 1.67. The van der Waals surface area contributed by atoms with Gasteiger partial charge in [-0.2, -0.15) is 5.10 Å². The predicted octanol–water partition coefficient (Wildman–Crippen LogP) is 1.96. The first-order chi connectivity index (χ1) is 9.22. The summed E-state index contributed by atoms with van der Waals surface area (Å²) in [5, 5.41) is 10.2. The third kappa shape index (κ3) is 2.45. The summed E-state index contributed by atoms with van der Waals surface area (Å²) in [5.74, 6) is 0.268. The number of hydrogen-bond acceptors (Lipinski definition) is 3. The molecule has 0 saturated heterocycles. The quantitative estimate of drug-likeness (QED) is 0.882. The van der Waals surface area contributed by atoms with Crippen molar-refractivity contribution >= 4 is 17.3 Å². The van der Waals surface area contributed by atoms with E-state index in [0.29, 0.717) is 6.42 Å². The van der Waals surface area contributed by atoms with Crippen LogP contribution in [0, 0.1) is 0 Å². The van der Waals surface area contributed by atoms with Gasteiger partial charge in [-0.25, -0.2) is 0 Å². The van der Waals surface area contributed by atoms with E-state index in [1.54, 1.807) is 17.1 Å². The Bertz CT molecular complexity index is 605. The van der Waals surface area contributed by atoms with Gasteiger partial charge in [0.2, 0.25) is 5.91 Å². The molecule has 1 aliphatic rings. The normalized spacial score (nSPS) is 16.8. The van der Waals surface area contributed by atoms with Crippen molar-refractivity contribution in [3.63, 3.8) is 0 Å². The van der Waals surface area contributed by atoms with Gasteiger partial charge in [0.25, 0.3) is 0 Å². The summed E-state index contributed by atoms with van der Waals surface area (Å²) in [6.07, 6.45) is 3.93. The molecule has 0 fully saturated rings. The number of aryl methyl sites for hydroxylation is 1. The average molecular weight is 256 g/mol. The number of anilines is 2. The van der Waals surface area contributed by atoms with Crippen molar-refractivity contribution in [1.82, 2.24) is 9.78 Å². The van der Waals surface area contributed by atoms with Crippen molar-refractivity contribution in [2.45, 2.75) is 12.3 Å². The number of carbonyl (C=O) groups excluding carboxylic acids is 1. The number of rotatable bonds is 3. The van der Waals surface area contributed by atoms with Gasteiger partial charge in [0, 0.05) is 37.8 Å². The zero-order valence-electron chi connectivity index (χ0n) is 10.8. The zero-order valence-corrected chi connectivity index (χ0v) is 10.8. The van der Waals surface area contributed by atoms with Crippen LogP contribution in [0.25, 0.3) is 0 Å². The number of nitrogens with zero attached hydrogens (tertiary/aromatic N) is 2. The molecule has 1 aromatic heterocycles. The predicted molar refractivity (Wildman–Crippen MR) is 74.1 cm³/mol. The van der Waals surface area contributed by atoms with Crippen LogP contribution in [0.5, 0.6) is 0 Å². The molecule has 2 aromatic rings. The number of nitrogens with one attached hydrogen (secondary N) is 2. The van der Waals surface area contributed by atoms with Gasteiger partial charge in [-0.15, -0.1) is 0 Å². The highest BCUT2D eigenvalue weighted by Crippen LogP contribution is 2.33. The first kappa shape index (κ1) is 11.8. The molecule has 5 heteroatoms. The Morgan fingerprint density at radius 2 is 2.37 bits per heavy atom. The summed E-state index contributed by atoms with van der Waals surface area (Å²) in [5.41, 5.74) is 3.11. The maximum Gasteiger partial charge on any atom is 0.225 e. The lowest BCUT2D eigenvalue weighted by Gasteiger charge is -2.09. The van der Waals surface area contributed by atoms with Gasteiger partial charge in [0.15, 0.2) is 0 Å². The topological polar surface area (TPSA) is 59.0 Å². The molecule has 1 aromatic carbocycles. The Balaban J connectivity index is 1.65. The molecule has 98 valence electrons. The molecule has 0 bridgehead atoms. The van der Waals surface area contributed by atoms with Crippen LogP contribution in [-0.4, -0.2) is 22.2 Å². The van der Waals surface area contributed by atoms with Crippen LogP contribution in [0.15, 0.2) is 36.7 Å². The van der Waals surface area contributed by atoms with Gasteiger partial charge < -0.3 is 10.6 Å². The number of carbonyl (C=O) groups is 1. The molecule has 5 nitrogen and oxygen atoms in total. The second kappa shape index (κ2) is 4.76. The number of aromatic nitrogens is 2. The van der Waals surface area contributed by atoms with Gasteiger partial charge in [-0.05, 0) is 11.6 Å². The van der Waals surface area contributed by atoms with Crippen molar-refractivity contribution in [2.24, 2.45) is 7.05 Å². The number of amides is 1. The van der Waals surface area contributed by atoms with Gasteiger partial charge in [-0.3, -0.25) is 9.48 Å². The van der Waals surface area contributed by atoms with E-state index in [1.165, 1.54) is 5.56 Å². The van der Waals surface area contributed by atoms with E-state index in [0.717, 1.165) is 17.9 Å². The Morgan fingerprint density at radius 3 is 3.16 bits per heavy atom. The maximum atomic E-state index is 12.0. The second-order valence-electron chi connectivity index (χ2n) is 4.82. The van der Waals surface area contributed by atoms with Crippen LogP contribution in [0.4, 0.5) is 11.4 Å². The standard InChI is InChI=1S/C14H16N4O/c1-18-9-11(8-16-18)17-14(19)6-10-7-15-13-5-3-2-4-12(10)13/h2-5,8-10,15H,6-7H2,1H3,(H,17,19). The Kier molecular flexibility index (Phi) is 2.95. The van der Waals surface area contributed by atoms with Crippen LogP contribution < -0.4 is 10.6 Å². The monoisotopic (exact) mass is 256 g/mol. The third-order valence-electron chi connectivity index (χ3n) is 3.36. The largest absolute Gasteiger partial charge is 0.384 e. The molecule has 1 amide bonds. The minimum Gasteiger partial charge on any atom is -0.384 e. The lowest BCUT2D eigenvalue weighted by Crippen LogP contribution is -2.16. The van der Waals surface area contributed by atoms with Crippen LogP contribution in [0.2, 0.25) is 0 Å². The van der Waals surface area contributed by atoms with E-state index >= 15 is 0 Å². The minimum absolute atomic E-state index is 0.0245. The first-order valence-electron chi connectivity index (χ1n) is 6.33. The van der Waals surface area contributed by atoms with Crippen LogP contribution >= 0.6 is 0 Å². The first-order valence-corrected chi connectivity index (χ1v) is 6.33. The van der Waals surface area contributed by atoms with E-state index < -0.39 is 0 Å². The minimum atomic E-state index is 0.0245. The SMILES string of the molecule is Cn1cc(NC(=O)CC2CNc3ccccc32)cn1. The zero-order chi connectivity index (χ0) is 13.2.